The van der Waals surface area contributed by atoms with Crippen LogP contribution in [0.3, 0.4) is 0 Å². The fourth-order valence-corrected chi connectivity index (χ4v) is 3.62. The van der Waals surface area contributed by atoms with E-state index >= 15 is 0 Å². The van der Waals surface area contributed by atoms with Crippen molar-refractivity contribution in [2.45, 2.75) is 46.5 Å². The Morgan fingerprint density at radius 2 is 1.08 bits per heavy atom. The Morgan fingerprint density at radius 1 is 0.680 bits per heavy atom. The lowest BCUT2D eigenvalue weighted by molar-refractivity contribution is 0.564. The van der Waals surface area contributed by atoms with Crippen LogP contribution in [-0.2, 0) is 11.8 Å². The van der Waals surface area contributed by atoms with Gasteiger partial charge in [-0.15, -0.1) is 0 Å². The average molecular weight is 327 g/mol. The fourth-order valence-electron chi connectivity index (χ4n) is 3.62. The molecule has 0 aromatic heterocycles. The van der Waals surface area contributed by atoms with E-state index in [9.17, 15) is 0 Å². The van der Waals surface area contributed by atoms with Gasteiger partial charge in [-0.25, -0.2) is 0 Å². The smallest absolute Gasteiger partial charge is 0.0215 e. The Balaban J connectivity index is 2.15. The summed E-state index contributed by atoms with van der Waals surface area (Å²) in [4.78, 5) is 0. The van der Waals surface area contributed by atoms with Gasteiger partial charge in [-0.1, -0.05) is 78.7 Å². The number of hydrogen-bond acceptors (Lipinski definition) is 0. The zero-order valence-corrected chi connectivity index (χ0v) is 16.0. The molecule has 0 saturated carbocycles. The summed E-state index contributed by atoms with van der Waals surface area (Å²) >= 11 is 0. The molecule has 0 fully saturated rings. The van der Waals surface area contributed by atoms with Crippen LogP contribution in [0.15, 0.2) is 60.7 Å². The van der Waals surface area contributed by atoms with Crippen molar-refractivity contribution >= 4 is 0 Å². The molecule has 0 spiro atoms. The van der Waals surface area contributed by atoms with Crippen LogP contribution < -0.4 is 0 Å². The van der Waals surface area contributed by atoms with E-state index in [0.717, 1.165) is 6.42 Å². The van der Waals surface area contributed by atoms with Crippen molar-refractivity contribution in [1.29, 1.82) is 0 Å². The highest BCUT2D eigenvalue weighted by Crippen LogP contribution is 2.37. The van der Waals surface area contributed by atoms with Gasteiger partial charge in [-0.3, -0.25) is 0 Å². The molecule has 0 atom stereocenters. The van der Waals surface area contributed by atoms with E-state index < -0.39 is 0 Å². The Kier molecular flexibility index (Phi) is 4.81. The number of benzene rings is 3. The molecule has 0 bridgehead atoms. The van der Waals surface area contributed by atoms with Gasteiger partial charge in [-0.2, -0.15) is 0 Å². The quantitative estimate of drug-likeness (QED) is 0.530. The van der Waals surface area contributed by atoms with Crippen LogP contribution in [0.1, 0.15) is 45.9 Å². The molecule has 0 heteroatoms. The van der Waals surface area contributed by atoms with E-state index in [4.69, 9.17) is 0 Å². The molecule has 0 aliphatic rings. The van der Waals surface area contributed by atoms with Crippen LogP contribution in [0.2, 0.25) is 0 Å². The maximum atomic E-state index is 3.25. The summed E-state index contributed by atoms with van der Waals surface area (Å²) in [6.07, 6.45) is 0.992. The zero-order chi connectivity index (χ0) is 18.0. The van der Waals surface area contributed by atoms with Crippen molar-refractivity contribution < 1.29 is 0 Å². The number of rotatable bonds is 4. The Labute approximate surface area is 152 Å². The van der Waals surface area contributed by atoms with Crippen molar-refractivity contribution in [2.24, 2.45) is 0 Å². The first-order valence-corrected chi connectivity index (χ1v) is 9.00. The van der Waals surface area contributed by atoms with Gasteiger partial charge >= 0.3 is 0 Å². The molecule has 3 aromatic rings. The summed E-state index contributed by atoms with van der Waals surface area (Å²) in [7, 11) is 0. The zero-order valence-electron chi connectivity index (χ0n) is 16.0. The number of aryl methyl sites for hydroxylation is 4. The van der Waals surface area contributed by atoms with Gasteiger partial charge in [0.05, 0.1) is 0 Å². The van der Waals surface area contributed by atoms with Crippen LogP contribution >= 0.6 is 0 Å². The lowest BCUT2D eigenvalue weighted by atomic mass is 9.71. The minimum Gasteiger partial charge on any atom is -0.0590 e. The van der Waals surface area contributed by atoms with Crippen molar-refractivity contribution in [2.75, 3.05) is 0 Å². The molecule has 0 amide bonds. The Morgan fingerprint density at radius 3 is 1.48 bits per heavy atom. The molecule has 3 rings (SSSR count). The normalized spacial score (nSPS) is 11.6. The third-order valence-electron chi connectivity index (χ3n) is 5.46. The highest BCUT2D eigenvalue weighted by molar-refractivity contribution is 5.45. The number of hydrogen-bond donors (Lipinski definition) is 0. The van der Waals surface area contributed by atoms with Gasteiger partial charge in [0.2, 0.25) is 0 Å². The van der Waals surface area contributed by atoms with Crippen LogP contribution in [0, 0.1) is 33.8 Å². The Hall–Kier alpha value is -2.34. The maximum Gasteiger partial charge on any atom is 0.0215 e. The van der Waals surface area contributed by atoms with E-state index in [1.165, 1.54) is 38.9 Å². The summed E-state index contributed by atoms with van der Waals surface area (Å²) in [5.41, 5.74) is 9.37. The first-order valence-electron chi connectivity index (χ1n) is 9.00. The van der Waals surface area contributed by atoms with E-state index in [1.807, 2.05) is 0 Å². The molecule has 0 aliphatic carbocycles. The molecule has 0 unspecified atom stereocenters. The van der Waals surface area contributed by atoms with Crippen LogP contribution in [-0.4, -0.2) is 0 Å². The van der Waals surface area contributed by atoms with Gasteiger partial charge in [-0.05, 0) is 68.0 Å². The highest BCUT2D eigenvalue weighted by atomic mass is 14.3. The second kappa shape index (κ2) is 6.88. The molecule has 3 aromatic carbocycles. The summed E-state index contributed by atoms with van der Waals surface area (Å²) < 4.78 is 0. The lowest BCUT2D eigenvalue weighted by Crippen LogP contribution is -2.27. The van der Waals surface area contributed by atoms with Crippen molar-refractivity contribution in [3.8, 4) is 0 Å². The third kappa shape index (κ3) is 3.54. The van der Waals surface area contributed by atoms with E-state index in [0.29, 0.717) is 0 Å². The monoisotopic (exact) mass is 327 g/mol. The summed E-state index contributed by atoms with van der Waals surface area (Å²) in [6.45, 7) is 11.1. The van der Waals surface area contributed by atoms with Gasteiger partial charge in [0.25, 0.3) is 0 Å². The van der Waals surface area contributed by atoms with Crippen molar-refractivity contribution in [1.82, 2.24) is 0 Å². The van der Waals surface area contributed by atoms with E-state index in [1.54, 1.807) is 0 Å². The second-order valence-corrected chi connectivity index (χ2v) is 7.54. The van der Waals surface area contributed by atoms with E-state index in [2.05, 4.69) is 101 Å². The molecular weight excluding hydrogens is 300 g/mol. The highest BCUT2D eigenvalue weighted by Gasteiger charge is 2.30. The molecule has 0 nitrogen and oxygen atoms in total. The van der Waals surface area contributed by atoms with Crippen LogP contribution in [0.4, 0.5) is 0 Å². The third-order valence-corrected chi connectivity index (χ3v) is 5.46. The predicted octanol–water partition coefficient (Wildman–Crippen LogP) is 6.27. The summed E-state index contributed by atoms with van der Waals surface area (Å²) in [5, 5.41) is 0. The van der Waals surface area contributed by atoms with Crippen molar-refractivity contribution in [3.63, 3.8) is 0 Å². The summed E-state index contributed by atoms with van der Waals surface area (Å²) in [5.74, 6) is 0. The lowest BCUT2D eigenvalue weighted by Gasteiger charge is -2.33. The van der Waals surface area contributed by atoms with Gasteiger partial charge in [0.1, 0.15) is 0 Å². The molecule has 0 heterocycles. The molecule has 1 radical (unpaired) electrons. The standard InChI is InChI=1S/C25H27/c1-18-9-13-22(14-10-18)25(5,23-15-11-19(2)12-16-23)17-24-20(3)7-6-8-21(24)4/h7-16H,17H2,1-5H3. The van der Waals surface area contributed by atoms with Gasteiger partial charge in [0.15, 0.2) is 0 Å². The second-order valence-electron chi connectivity index (χ2n) is 7.54. The molecule has 0 N–H and O–H groups in total. The molecule has 0 aliphatic heterocycles. The minimum atomic E-state index is -0.0573. The molecule has 127 valence electrons. The molecular formula is C25H27. The van der Waals surface area contributed by atoms with E-state index in [-0.39, 0.29) is 5.41 Å². The molecule has 0 saturated heterocycles. The first kappa shape index (κ1) is 17.5. The Bertz CT molecular complexity index is 786. The molecule has 25 heavy (non-hydrogen) atoms. The van der Waals surface area contributed by atoms with Gasteiger partial charge < -0.3 is 0 Å². The van der Waals surface area contributed by atoms with Crippen LogP contribution in [0.25, 0.3) is 0 Å². The SMILES string of the molecule is Cc1ccc(C(C)(Cc2c(C)c[c]cc2C)c2ccc(C)cc2)cc1. The maximum absolute atomic E-state index is 3.25. The van der Waals surface area contributed by atoms with Crippen molar-refractivity contribution in [3.05, 3.63) is 106 Å². The first-order chi connectivity index (χ1) is 11.9. The predicted molar refractivity (Wildman–Crippen MR) is 107 cm³/mol. The largest absolute Gasteiger partial charge is 0.0590 e. The van der Waals surface area contributed by atoms with Gasteiger partial charge in [0, 0.05) is 5.41 Å². The topological polar surface area (TPSA) is 0 Å². The average Bonchev–Trinajstić information content (AvgIpc) is 2.59. The minimum absolute atomic E-state index is 0.0573. The fraction of sp³-hybridized carbons (Fsp3) is 0.280. The summed E-state index contributed by atoms with van der Waals surface area (Å²) in [6, 6.07) is 25.5. The van der Waals surface area contributed by atoms with Crippen LogP contribution in [0.5, 0.6) is 0 Å².